The molecule has 2 saturated heterocycles. The summed E-state index contributed by atoms with van der Waals surface area (Å²) in [4.78, 5) is 10.4. The van der Waals surface area contributed by atoms with E-state index in [0.29, 0.717) is 39.3 Å². The molecule has 8 nitrogen and oxygen atoms in total. The summed E-state index contributed by atoms with van der Waals surface area (Å²) >= 11 is 0. The average molecular weight is 341 g/mol. The lowest BCUT2D eigenvalue weighted by Gasteiger charge is -2.40. The molecule has 0 N–H and O–H groups in total. The summed E-state index contributed by atoms with van der Waals surface area (Å²) in [5.74, 6) is 0.790. The molecule has 3 heterocycles. The third-order valence-electron chi connectivity index (χ3n) is 4.15. The Morgan fingerprint density at radius 3 is 2.26 bits per heavy atom. The van der Waals surface area contributed by atoms with Gasteiger partial charge in [-0.25, -0.2) is 4.98 Å². The standard InChI is InChI=1S/C14H23N5O3S/c1-12-10-19(11-13(2)22-12)23(20,21)18-7-5-17(6-8-18)14-9-15-3-4-16-14/h3-4,9,12-13H,5-8,10-11H2,1-2H3/t12-,13-/m1/s1. The summed E-state index contributed by atoms with van der Waals surface area (Å²) in [6, 6.07) is 0. The molecule has 2 aliphatic rings. The fraction of sp³-hybridized carbons (Fsp3) is 0.714. The smallest absolute Gasteiger partial charge is 0.282 e. The van der Waals surface area contributed by atoms with Crippen LogP contribution in [-0.2, 0) is 14.9 Å². The quantitative estimate of drug-likeness (QED) is 0.767. The largest absolute Gasteiger partial charge is 0.373 e. The zero-order chi connectivity index (χ0) is 16.4. The van der Waals surface area contributed by atoms with Crippen molar-refractivity contribution in [2.45, 2.75) is 26.1 Å². The molecule has 0 amide bonds. The minimum atomic E-state index is -3.43. The van der Waals surface area contributed by atoms with Crippen molar-refractivity contribution < 1.29 is 13.2 Å². The van der Waals surface area contributed by atoms with Crippen LogP contribution < -0.4 is 4.90 Å². The molecule has 1 aromatic heterocycles. The minimum absolute atomic E-state index is 0.0746. The number of piperazine rings is 1. The highest BCUT2D eigenvalue weighted by Gasteiger charge is 2.36. The van der Waals surface area contributed by atoms with Crippen LogP contribution in [0.4, 0.5) is 5.82 Å². The number of aromatic nitrogens is 2. The van der Waals surface area contributed by atoms with Crippen molar-refractivity contribution in [1.29, 1.82) is 0 Å². The summed E-state index contributed by atoms with van der Waals surface area (Å²) in [7, 11) is -3.43. The van der Waals surface area contributed by atoms with Gasteiger partial charge in [-0.1, -0.05) is 0 Å². The van der Waals surface area contributed by atoms with Gasteiger partial charge in [-0.2, -0.15) is 17.0 Å². The fourth-order valence-corrected chi connectivity index (χ4v) is 4.83. The molecule has 0 bridgehead atoms. The maximum atomic E-state index is 12.8. The van der Waals surface area contributed by atoms with Crippen LogP contribution in [-0.4, -0.2) is 78.5 Å². The van der Waals surface area contributed by atoms with E-state index in [9.17, 15) is 8.42 Å². The van der Waals surface area contributed by atoms with Crippen LogP contribution in [0.3, 0.4) is 0 Å². The number of hydrogen-bond acceptors (Lipinski definition) is 6. The molecular formula is C14H23N5O3S. The van der Waals surface area contributed by atoms with Crippen molar-refractivity contribution in [1.82, 2.24) is 18.6 Å². The van der Waals surface area contributed by atoms with Crippen molar-refractivity contribution in [3.8, 4) is 0 Å². The molecule has 23 heavy (non-hydrogen) atoms. The van der Waals surface area contributed by atoms with E-state index in [1.54, 1.807) is 27.2 Å². The molecule has 0 radical (unpaired) electrons. The lowest BCUT2D eigenvalue weighted by molar-refractivity contribution is -0.0455. The van der Waals surface area contributed by atoms with Gasteiger partial charge in [0.1, 0.15) is 5.82 Å². The number of ether oxygens (including phenoxy) is 1. The van der Waals surface area contributed by atoms with Crippen LogP contribution in [0.25, 0.3) is 0 Å². The molecule has 3 rings (SSSR count). The van der Waals surface area contributed by atoms with Crippen LogP contribution in [0.15, 0.2) is 18.6 Å². The van der Waals surface area contributed by atoms with E-state index in [1.165, 1.54) is 0 Å². The highest BCUT2D eigenvalue weighted by molar-refractivity contribution is 7.86. The SMILES string of the molecule is C[C@@H]1CN(S(=O)(=O)N2CCN(c3cnccn3)CC2)C[C@@H](C)O1. The second kappa shape index (κ2) is 6.68. The zero-order valence-corrected chi connectivity index (χ0v) is 14.3. The molecule has 0 aromatic carbocycles. The van der Waals surface area contributed by atoms with Crippen LogP contribution in [0.5, 0.6) is 0 Å². The maximum absolute atomic E-state index is 12.8. The van der Waals surface area contributed by atoms with E-state index < -0.39 is 10.2 Å². The van der Waals surface area contributed by atoms with Crippen molar-refractivity contribution in [3.05, 3.63) is 18.6 Å². The van der Waals surface area contributed by atoms with Gasteiger partial charge in [-0.3, -0.25) is 4.98 Å². The Labute approximate surface area is 137 Å². The summed E-state index contributed by atoms with van der Waals surface area (Å²) < 4.78 is 34.4. The van der Waals surface area contributed by atoms with Gasteiger partial charge in [-0.15, -0.1) is 0 Å². The molecular weight excluding hydrogens is 318 g/mol. The van der Waals surface area contributed by atoms with Crippen LogP contribution in [0.1, 0.15) is 13.8 Å². The molecule has 2 fully saturated rings. The highest BCUT2D eigenvalue weighted by atomic mass is 32.2. The second-order valence-corrected chi connectivity index (χ2v) is 7.96. The van der Waals surface area contributed by atoms with E-state index in [1.807, 2.05) is 13.8 Å². The van der Waals surface area contributed by atoms with Gasteiger partial charge in [0.2, 0.25) is 0 Å². The van der Waals surface area contributed by atoms with E-state index in [0.717, 1.165) is 5.82 Å². The Hall–Kier alpha value is -1.29. The van der Waals surface area contributed by atoms with Crippen molar-refractivity contribution in [2.24, 2.45) is 0 Å². The topological polar surface area (TPSA) is 78.9 Å². The zero-order valence-electron chi connectivity index (χ0n) is 13.5. The van der Waals surface area contributed by atoms with E-state index in [-0.39, 0.29) is 12.2 Å². The molecule has 128 valence electrons. The van der Waals surface area contributed by atoms with Gasteiger partial charge in [0.25, 0.3) is 10.2 Å². The summed E-state index contributed by atoms with van der Waals surface area (Å²) in [6.07, 6.45) is 4.83. The molecule has 0 aliphatic carbocycles. The first-order chi connectivity index (χ1) is 11.0. The monoisotopic (exact) mass is 341 g/mol. The van der Waals surface area contributed by atoms with E-state index >= 15 is 0 Å². The summed E-state index contributed by atoms with van der Waals surface area (Å²) in [5.41, 5.74) is 0. The van der Waals surface area contributed by atoms with Crippen molar-refractivity contribution in [2.75, 3.05) is 44.2 Å². The number of morpholine rings is 1. The Kier molecular flexibility index (Phi) is 4.81. The minimum Gasteiger partial charge on any atom is -0.373 e. The summed E-state index contributed by atoms with van der Waals surface area (Å²) in [5, 5.41) is 0. The number of anilines is 1. The Balaban J connectivity index is 1.64. The fourth-order valence-electron chi connectivity index (χ4n) is 3.08. The maximum Gasteiger partial charge on any atom is 0.282 e. The van der Waals surface area contributed by atoms with E-state index in [2.05, 4.69) is 14.9 Å². The predicted molar refractivity (Wildman–Crippen MR) is 86.3 cm³/mol. The molecule has 2 aliphatic heterocycles. The van der Waals surface area contributed by atoms with E-state index in [4.69, 9.17) is 4.74 Å². The first-order valence-electron chi connectivity index (χ1n) is 7.88. The number of hydrogen-bond donors (Lipinski definition) is 0. The predicted octanol–water partition coefficient (Wildman–Crippen LogP) is -0.0474. The van der Waals surface area contributed by atoms with Gasteiger partial charge in [0.15, 0.2) is 0 Å². The lowest BCUT2D eigenvalue weighted by Crippen LogP contribution is -2.57. The molecule has 0 spiro atoms. The molecule has 1 aromatic rings. The van der Waals surface area contributed by atoms with Crippen LogP contribution in [0, 0.1) is 0 Å². The average Bonchev–Trinajstić information content (AvgIpc) is 2.55. The lowest BCUT2D eigenvalue weighted by atomic mass is 10.3. The number of nitrogens with zero attached hydrogens (tertiary/aromatic N) is 5. The summed E-state index contributed by atoms with van der Waals surface area (Å²) in [6.45, 7) is 6.79. The first-order valence-corrected chi connectivity index (χ1v) is 9.28. The van der Waals surface area contributed by atoms with Gasteiger partial charge in [0, 0.05) is 51.7 Å². The second-order valence-electron chi connectivity index (χ2n) is 6.03. The number of rotatable bonds is 3. The molecule has 0 saturated carbocycles. The Morgan fingerprint density at radius 2 is 1.70 bits per heavy atom. The Bertz CT molecular complexity index is 609. The third-order valence-corrected chi connectivity index (χ3v) is 6.12. The van der Waals surface area contributed by atoms with Crippen molar-refractivity contribution in [3.63, 3.8) is 0 Å². The van der Waals surface area contributed by atoms with Gasteiger partial charge in [-0.05, 0) is 13.8 Å². The van der Waals surface area contributed by atoms with Crippen LogP contribution in [0.2, 0.25) is 0 Å². The van der Waals surface area contributed by atoms with Gasteiger partial charge >= 0.3 is 0 Å². The Morgan fingerprint density at radius 1 is 1.04 bits per heavy atom. The van der Waals surface area contributed by atoms with Gasteiger partial charge < -0.3 is 9.64 Å². The van der Waals surface area contributed by atoms with Crippen molar-refractivity contribution >= 4 is 16.0 Å². The first kappa shape index (κ1) is 16.6. The normalized spacial score (nSPS) is 28.0. The third kappa shape index (κ3) is 3.63. The van der Waals surface area contributed by atoms with Gasteiger partial charge in [0.05, 0.1) is 18.4 Å². The molecule has 2 atom stereocenters. The highest BCUT2D eigenvalue weighted by Crippen LogP contribution is 2.20. The van der Waals surface area contributed by atoms with Crippen LogP contribution >= 0.6 is 0 Å². The molecule has 9 heteroatoms. The molecule has 0 unspecified atom stereocenters.